The molecular weight excluding hydrogens is 358 g/mol. The number of anilines is 2. The van der Waals surface area contributed by atoms with Crippen LogP contribution in [0.4, 0.5) is 11.6 Å². The molecule has 0 radical (unpaired) electrons. The summed E-state index contributed by atoms with van der Waals surface area (Å²) in [5, 5.41) is 3.45. The van der Waals surface area contributed by atoms with Gasteiger partial charge in [0.1, 0.15) is 11.6 Å². The van der Waals surface area contributed by atoms with Gasteiger partial charge < -0.3 is 10.2 Å². The first-order chi connectivity index (χ1) is 14.2. The van der Waals surface area contributed by atoms with Crippen LogP contribution in [0.25, 0.3) is 11.4 Å². The quantitative estimate of drug-likeness (QED) is 0.684. The Kier molecular flexibility index (Phi) is 6.06. The van der Waals surface area contributed by atoms with E-state index >= 15 is 0 Å². The number of rotatable bonds is 6. The van der Waals surface area contributed by atoms with Crippen molar-refractivity contribution in [1.29, 1.82) is 0 Å². The maximum absolute atomic E-state index is 4.90. The largest absolute Gasteiger partial charge is 0.368 e. The molecule has 1 aliphatic rings. The first-order valence-electron chi connectivity index (χ1n) is 10.4. The molecule has 0 unspecified atom stereocenters. The molecule has 29 heavy (non-hydrogen) atoms. The molecule has 5 heteroatoms. The second-order valence-corrected chi connectivity index (χ2v) is 7.85. The van der Waals surface area contributed by atoms with Crippen LogP contribution in [-0.2, 0) is 6.54 Å². The molecule has 2 heterocycles. The molecule has 0 atom stereocenters. The molecule has 3 aromatic rings. The van der Waals surface area contributed by atoms with Crippen LogP contribution in [0.1, 0.15) is 19.4 Å². The van der Waals surface area contributed by atoms with Gasteiger partial charge in [0.2, 0.25) is 0 Å². The zero-order chi connectivity index (χ0) is 20.1. The Labute approximate surface area is 173 Å². The smallest absolute Gasteiger partial charge is 0.163 e. The van der Waals surface area contributed by atoms with Crippen LogP contribution >= 0.6 is 0 Å². The molecule has 2 aromatic carbocycles. The van der Waals surface area contributed by atoms with Crippen LogP contribution in [0.3, 0.4) is 0 Å². The summed E-state index contributed by atoms with van der Waals surface area (Å²) < 4.78 is 0. The molecule has 150 valence electrons. The normalized spacial score (nSPS) is 14.9. The fourth-order valence-corrected chi connectivity index (χ4v) is 3.66. The van der Waals surface area contributed by atoms with Gasteiger partial charge in [0.15, 0.2) is 5.82 Å². The lowest BCUT2D eigenvalue weighted by molar-refractivity contribution is 0.249. The Morgan fingerprint density at radius 2 is 1.52 bits per heavy atom. The predicted octanol–water partition coefficient (Wildman–Crippen LogP) is 4.29. The fraction of sp³-hybridized carbons (Fsp3) is 0.333. The van der Waals surface area contributed by atoms with E-state index < -0.39 is 0 Å². The highest BCUT2D eigenvalue weighted by Crippen LogP contribution is 2.24. The van der Waals surface area contributed by atoms with E-state index in [2.05, 4.69) is 77.5 Å². The Hall–Kier alpha value is -2.92. The first kappa shape index (κ1) is 19.4. The van der Waals surface area contributed by atoms with E-state index in [1.54, 1.807) is 0 Å². The Morgan fingerprint density at radius 3 is 2.17 bits per heavy atom. The van der Waals surface area contributed by atoms with E-state index in [0.717, 1.165) is 55.7 Å². The highest BCUT2D eigenvalue weighted by molar-refractivity contribution is 5.62. The van der Waals surface area contributed by atoms with Crippen molar-refractivity contribution >= 4 is 11.6 Å². The number of aromatic nitrogens is 2. The minimum absolute atomic E-state index is 0.323. The Morgan fingerprint density at radius 1 is 0.862 bits per heavy atom. The molecule has 1 N–H and O–H groups in total. The first-order valence-corrected chi connectivity index (χ1v) is 10.4. The Balaban J connectivity index is 1.50. The van der Waals surface area contributed by atoms with Crippen LogP contribution in [0.15, 0.2) is 66.7 Å². The second kappa shape index (κ2) is 9.05. The molecule has 4 rings (SSSR count). The van der Waals surface area contributed by atoms with E-state index in [1.165, 1.54) is 5.56 Å². The van der Waals surface area contributed by atoms with Crippen LogP contribution in [0, 0.1) is 0 Å². The molecule has 0 bridgehead atoms. The number of nitrogens with one attached hydrogen (secondary N) is 1. The van der Waals surface area contributed by atoms with E-state index in [9.17, 15) is 0 Å². The van der Waals surface area contributed by atoms with Gasteiger partial charge in [0.25, 0.3) is 0 Å². The van der Waals surface area contributed by atoms with Gasteiger partial charge in [-0.2, -0.15) is 0 Å². The van der Waals surface area contributed by atoms with E-state index in [1.807, 2.05) is 18.2 Å². The summed E-state index contributed by atoms with van der Waals surface area (Å²) in [5.41, 5.74) is 2.42. The maximum Gasteiger partial charge on any atom is 0.163 e. The monoisotopic (exact) mass is 387 g/mol. The third kappa shape index (κ3) is 5.12. The number of hydrogen-bond donors (Lipinski definition) is 1. The molecule has 0 spiro atoms. The van der Waals surface area contributed by atoms with Gasteiger partial charge >= 0.3 is 0 Å². The fourth-order valence-electron chi connectivity index (χ4n) is 3.66. The van der Waals surface area contributed by atoms with Crippen LogP contribution in [-0.4, -0.2) is 47.1 Å². The molecule has 1 aromatic heterocycles. The van der Waals surface area contributed by atoms with E-state index in [0.29, 0.717) is 6.04 Å². The molecule has 1 aliphatic heterocycles. The van der Waals surface area contributed by atoms with Crippen molar-refractivity contribution in [3.05, 3.63) is 72.3 Å². The highest BCUT2D eigenvalue weighted by atomic mass is 15.3. The van der Waals surface area contributed by atoms with Crippen molar-refractivity contribution in [3.8, 4) is 11.4 Å². The van der Waals surface area contributed by atoms with Crippen molar-refractivity contribution in [2.45, 2.75) is 26.4 Å². The molecular formula is C24H29N5. The van der Waals surface area contributed by atoms with Gasteiger partial charge in [-0.1, -0.05) is 60.7 Å². The summed E-state index contributed by atoms with van der Waals surface area (Å²) in [6, 6.07) is 23.3. The summed E-state index contributed by atoms with van der Waals surface area (Å²) in [5.74, 6) is 2.66. The minimum Gasteiger partial charge on any atom is -0.368 e. The lowest BCUT2D eigenvalue weighted by Gasteiger charge is -2.35. The molecule has 5 nitrogen and oxygen atoms in total. The summed E-state index contributed by atoms with van der Waals surface area (Å²) >= 11 is 0. The third-order valence-electron chi connectivity index (χ3n) is 5.13. The Bertz CT molecular complexity index is 903. The third-order valence-corrected chi connectivity index (χ3v) is 5.13. The minimum atomic E-state index is 0.323. The zero-order valence-corrected chi connectivity index (χ0v) is 17.3. The molecule has 0 saturated carbocycles. The van der Waals surface area contributed by atoms with Crippen LogP contribution < -0.4 is 10.2 Å². The lowest BCUT2D eigenvalue weighted by Crippen LogP contribution is -2.46. The van der Waals surface area contributed by atoms with E-state index in [-0.39, 0.29) is 0 Å². The van der Waals surface area contributed by atoms with Crippen molar-refractivity contribution in [2.75, 3.05) is 36.4 Å². The number of hydrogen-bond acceptors (Lipinski definition) is 5. The van der Waals surface area contributed by atoms with Crippen molar-refractivity contribution < 1.29 is 0 Å². The standard InChI is InChI=1S/C24H29N5/c1-19(2)25-22-17-23(27-24(26-22)21-11-7-4-8-12-21)29-15-13-28(14-16-29)18-20-9-5-3-6-10-20/h3-12,17,19H,13-16,18H2,1-2H3,(H,25,26,27). The summed E-state index contributed by atoms with van der Waals surface area (Å²) in [6.07, 6.45) is 0. The lowest BCUT2D eigenvalue weighted by atomic mass is 10.2. The SMILES string of the molecule is CC(C)Nc1cc(N2CCN(Cc3ccccc3)CC2)nc(-c2ccccc2)n1. The maximum atomic E-state index is 4.90. The van der Waals surface area contributed by atoms with Crippen molar-refractivity contribution in [2.24, 2.45) is 0 Å². The van der Waals surface area contributed by atoms with Crippen molar-refractivity contribution in [1.82, 2.24) is 14.9 Å². The average Bonchev–Trinajstić information content (AvgIpc) is 2.75. The van der Waals surface area contributed by atoms with Gasteiger partial charge in [0.05, 0.1) is 0 Å². The van der Waals surface area contributed by atoms with Gasteiger partial charge in [0, 0.05) is 50.4 Å². The molecule has 1 fully saturated rings. The van der Waals surface area contributed by atoms with E-state index in [4.69, 9.17) is 9.97 Å². The summed E-state index contributed by atoms with van der Waals surface area (Å²) in [6.45, 7) is 9.28. The van der Waals surface area contributed by atoms with Gasteiger partial charge in [-0.3, -0.25) is 4.90 Å². The summed E-state index contributed by atoms with van der Waals surface area (Å²) in [4.78, 5) is 14.5. The molecule has 0 amide bonds. The van der Waals surface area contributed by atoms with Crippen LogP contribution in [0.5, 0.6) is 0 Å². The van der Waals surface area contributed by atoms with Gasteiger partial charge in [-0.25, -0.2) is 9.97 Å². The topological polar surface area (TPSA) is 44.3 Å². The highest BCUT2D eigenvalue weighted by Gasteiger charge is 2.20. The number of piperazine rings is 1. The number of nitrogens with zero attached hydrogens (tertiary/aromatic N) is 4. The predicted molar refractivity (Wildman–Crippen MR) is 120 cm³/mol. The van der Waals surface area contributed by atoms with Crippen molar-refractivity contribution in [3.63, 3.8) is 0 Å². The second-order valence-electron chi connectivity index (χ2n) is 7.85. The van der Waals surface area contributed by atoms with Gasteiger partial charge in [-0.05, 0) is 19.4 Å². The number of benzene rings is 2. The molecule has 0 aliphatic carbocycles. The summed E-state index contributed by atoms with van der Waals surface area (Å²) in [7, 11) is 0. The molecule has 1 saturated heterocycles. The van der Waals surface area contributed by atoms with Gasteiger partial charge in [-0.15, -0.1) is 0 Å². The van der Waals surface area contributed by atoms with Crippen LogP contribution in [0.2, 0.25) is 0 Å². The zero-order valence-electron chi connectivity index (χ0n) is 17.3. The average molecular weight is 388 g/mol.